The summed E-state index contributed by atoms with van der Waals surface area (Å²) < 4.78 is 6.25. The summed E-state index contributed by atoms with van der Waals surface area (Å²) in [5.41, 5.74) is 1.74. The van der Waals surface area contributed by atoms with Gasteiger partial charge < -0.3 is 4.74 Å². The number of hydrogen-bond acceptors (Lipinski definition) is 1. The molecule has 1 nitrogen and oxygen atoms in total. The summed E-state index contributed by atoms with van der Waals surface area (Å²) in [6.45, 7) is 6.79. The van der Waals surface area contributed by atoms with Gasteiger partial charge in [0.2, 0.25) is 0 Å². The highest BCUT2D eigenvalue weighted by Crippen LogP contribution is 2.52. The Balaban J connectivity index is 1.97. The normalized spacial score (nSPS) is 24.2. The first-order chi connectivity index (χ1) is 9.66. The van der Waals surface area contributed by atoms with Crippen molar-refractivity contribution in [3.8, 4) is 5.75 Å². The van der Waals surface area contributed by atoms with Crippen LogP contribution in [-0.2, 0) is 6.42 Å². The van der Waals surface area contributed by atoms with Gasteiger partial charge in [-0.2, -0.15) is 0 Å². The Morgan fingerprint density at radius 1 is 1.15 bits per heavy atom. The molecule has 0 N–H and O–H groups in total. The molecule has 1 saturated carbocycles. The van der Waals surface area contributed by atoms with Crippen molar-refractivity contribution in [3.63, 3.8) is 0 Å². The van der Waals surface area contributed by atoms with Crippen molar-refractivity contribution in [3.05, 3.63) is 29.8 Å². The second kappa shape index (κ2) is 6.98. The van der Waals surface area contributed by atoms with Crippen molar-refractivity contribution < 1.29 is 4.74 Å². The molecule has 0 heterocycles. The van der Waals surface area contributed by atoms with Gasteiger partial charge in [-0.05, 0) is 49.8 Å². The quantitative estimate of drug-likeness (QED) is 0.575. The number of rotatable bonds is 7. The minimum Gasteiger partial charge on any atom is -0.490 e. The van der Waals surface area contributed by atoms with Crippen LogP contribution in [0.1, 0.15) is 58.4 Å². The van der Waals surface area contributed by atoms with Crippen LogP contribution in [0.4, 0.5) is 0 Å². The van der Waals surface area contributed by atoms with Gasteiger partial charge in [0, 0.05) is 10.2 Å². The third-order valence-corrected chi connectivity index (χ3v) is 6.31. The van der Waals surface area contributed by atoms with E-state index in [1.54, 1.807) is 0 Å². The molecule has 0 bridgehead atoms. The molecule has 2 atom stereocenters. The molecule has 2 rings (SSSR count). The molecule has 0 spiro atoms. The third kappa shape index (κ3) is 3.05. The first-order valence-electron chi connectivity index (χ1n) is 8.06. The van der Waals surface area contributed by atoms with E-state index in [1.165, 1.54) is 37.7 Å². The van der Waals surface area contributed by atoms with E-state index in [2.05, 4.69) is 61.0 Å². The molecule has 0 saturated heterocycles. The summed E-state index contributed by atoms with van der Waals surface area (Å²) in [5.74, 6) is 1.03. The van der Waals surface area contributed by atoms with E-state index in [0.29, 0.717) is 16.3 Å². The van der Waals surface area contributed by atoms with Crippen LogP contribution in [0.15, 0.2) is 24.3 Å². The molecule has 0 aromatic heterocycles. The lowest BCUT2D eigenvalue weighted by atomic mass is 9.62. The van der Waals surface area contributed by atoms with Gasteiger partial charge in [0.1, 0.15) is 11.9 Å². The highest BCUT2D eigenvalue weighted by molar-refractivity contribution is 9.09. The zero-order valence-corrected chi connectivity index (χ0v) is 14.6. The van der Waals surface area contributed by atoms with Crippen molar-refractivity contribution in [1.29, 1.82) is 0 Å². The van der Waals surface area contributed by atoms with Gasteiger partial charge in [-0.25, -0.2) is 0 Å². The predicted molar refractivity (Wildman–Crippen MR) is 89.8 cm³/mol. The van der Waals surface area contributed by atoms with E-state index in [1.807, 2.05) is 0 Å². The molecule has 0 amide bonds. The fourth-order valence-electron chi connectivity index (χ4n) is 3.29. The molecular weight excluding hydrogens is 312 g/mol. The molecule has 20 heavy (non-hydrogen) atoms. The Hall–Kier alpha value is -0.500. The van der Waals surface area contributed by atoms with Gasteiger partial charge in [0.25, 0.3) is 0 Å². The molecule has 1 fully saturated rings. The number of benzene rings is 1. The van der Waals surface area contributed by atoms with Crippen molar-refractivity contribution in [2.45, 2.75) is 70.2 Å². The molecule has 1 aromatic rings. The molecule has 2 heteroatoms. The van der Waals surface area contributed by atoms with Crippen LogP contribution in [0.5, 0.6) is 5.75 Å². The van der Waals surface area contributed by atoms with Crippen molar-refractivity contribution in [1.82, 2.24) is 0 Å². The van der Waals surface area contributed by atoms with Gasteiger partial charge in [-0.1, -0.05) is 55.3 Å². The maximum Gasteiger partial charge on any atom is 0.119 e. The summed E-state index contributed by atoms with van der Waals surface area (Å²) in [6, 6.07) is 8.72. The highest BCUT2D eigenvalue weighted by atomic mass is 79.9. The van der Waals surface area contributed by atoms with Crippen LogP contribution in [0.25, 0.3) is 0 Å². The Morgan fingerprint density at radius 2 is 1.80 bits per heavy atom. The second-order valence-electron chi connectivity index (χ2n) is 6.00. The Morgan fingerprint density at radius 3 is 2.30 bits per heavy atom. The molecule has 2 unspecified atom stereocenters. The van der Waals surface area contributed by atoms with Gasteiger partial charge in [0.05, 0.1) is 0 Å². The molecule has 1 aromatic carbocycles. The molecule has 0 aliphatic heterocycles. The largest absolute Gasteiger partial charge is 0.490 e. The Bertz CT molecular complexity index is 408. The van der Waals surface area contributed by atoms with Gasteiger partial charge in [-0.3, -0.25) is 0 Å². The smallest absolute Gasteiger partial charge is 0.119 e. The van der Waals surface area contributed by atoms with E-state index in [4.69, 9.17) is 4.74 Å². The second-order valence-corrected chi connectivity index (χ2v) is 7.10. The lowest BCUT2D eigenvalue weighted by Crippen LogP contribution is -2.56. The molecule has 1 aliphatic rings. The fraction of sp³-hybridized carbons (Fsp3) is 0.667. The summed E-state index contributed by atoms with van der Waals surface area (Å²) in [4.78, 5) is 0.610. The lowest BCUT2D eigenvalue weighted by Gasteiger charge is -2.52. The first kappa shape index (κ1) is 15.9. The minimum absolute atomic E-state index is 0.320. The first-order valence-corrected chi connectivity index (χ1v) is 8.97. The topological polar surface area (TPSA) is 9.23 Å². The Labute approximate surface area is 132 Å². The van der Waals surface area contributed by atoms with E-state index in [0.717, 1.165) is 12.2 Å². The molecule has 0 radical (unpaired) electrons. The van der Waals surface area contributed by atoms with Crippen LogP contribution in [0, 0.1) is 5.41 Å². The van der Waals surface area contributed by atoms with Gasteiger partial charge in [0.15, 0.2) is 0 Å². The van der Waals surface area contributed by atoms with Crippen LogP contribution in [-0.4, -0.2) is 10.9 Å². The predicted octanol–water partition coefficient (Wildman–Crippen LogP) is 5.75. The zero-order chi connectivity index (χ0) is 14.6. The van der Waals surface area contributed by atoms with Gasteiger partial charge >= 0.3 is 0 Å². The number of unbranched alkanes of at least 4 members (excludes halogenated alkanes) is 1. The highest BCUT2D eigenvalue weighted by Gasteiger charge is 2.53. The van der Waals surface area contributed by atoms with Gasteiger partial charge in [-0.15, -0.1) is 0 Å². The number of hydrogen-bond donors (Lipinski definition) is 0. The van der Waals surface area contributed by atoms with Crippen LogP contribution < -0.4 is 4.74 Å². The molecule has 112 valence electrons. The summed E-state index contributed by atoms with van der Waals surface area (Å²) in [6.07, 6.45) is 7.54. The van der Waals surface area contributed by atoms with E-state index >= 15 is 0 Å². The average molecular weight is 339 g/mol. The molecular formula is C18H27BrO. The van der Waals surface area contributed by atoms with Crippen molar-refractivity contribution >= 4 is 15.9 Å². The van der Waals surface area contributed by atoms with E-state index < -0.39 is 0 Å². The SMILES string of the molecule is CCCCc1ccc(OC2CC(Br)C2(CC)CC)cc1. The third-order valence-electron chi connectivity index (χ3n) is 5.02. The molecule has 1 aliphatic carbocycles. The van der Waals surface area contributed by atoms with E-state index in [9.17, 15) is 0 Å². The van der Waals surface area contributed by atoms with Crippen LogP contribution >= 0.6 is 15.9 Å². The number of ether oxygens (including phenoxy) is 1. The Kier molecular flexibility index (Phi) is 5.54. The zero-order valence-electron chi connectivity index (χ0n) is 13.0. The number of alkyl halides is 1. The maximum absolute atomic E-state index is 6.25. The maximum atomic E-state index is 6.25. The standard InChI is InChI=1S/C18H27BrO/c1-4-7-8-14-9-11-15(12-10-14)20-17-13-16(19)18(17,5-2)6-3/h9-12,16-17H,4-8,13H2,1-3H3. The summed E-state index contributed by atoms with van der Waals surface area (Å²) >= 11 is 3.82. The fourth-order valence-corrected chi connectivity index (χ4v) is 4.57. The van der Waals surface area contributed by atoms with Crippen LogP contribution in [0.2, 0.25) is 0 Å². The monoisotopic (exact) mass is 338 g/mol. The minimum atomic E-state index is 0.320. The van der Waals surface area contributed by atoms with E-state index in [-0.39, 0.29) is 0 Å². The van der Waals surface area contributed by atoms with Crippen molar-refractivity contribution in [2.24, 2.45) is 5.41 Å². The number of halogens is 1. The lowest BCUT2D eigenvalue weighted by molar-refractivity contribution is -0.0411. The summed E-state index contributed by atoms with van der Waals surface area (Å²) in [5, 5.41) is 0. The van der Waals surface area contributed by atoms with Crippen LogP contribution in [0.3, 0.4) is 0 Å². The van der Waals surface area contributed by atoms with Crippen molar-refractivity contribution in [2.75, 3.05) is 0 Å². The summed E-state index contributed by atoms with van der Waals surface area (Å²) in [7, 11) is 0. The average Bonchev–Trinajstić information content (AvgIpc) is 2.47. The number of aryl methyl sites for hydroxylation is 1.